The SMILES string of the molecule is C[Si](C)(C)c1cn(-c2ccc(F)cc2)nn1. The Morgan fingerprint density at radius 1 is 1.12 bits per heavy atom. The van der Waals surface area contributed by atoms with Crippen molar-refractivity contribution >= 4 is 13.4 Å². The van der Waals surface area contributed by atoms with Crippen LogP contribution in [-0.2, 0) is 0 Å². The van der Waals surface area contributed by atoms with Crippen LogP contribution in [0.5, 0.6) is 0 Å². The van der Waals surface area contributed by atoms with Gasteiger partial charge in [-0.25, -0.2) is 9.07 Å². The number of nitrogens with zero attached hydrogens (tertiary/aromatic N) is 3. The van der Waals surface area contributed by atoms with Crippen LogP contribution in [-0.4, -0.2) is 23.1 Å². The van der Waals surface area contributed by atoms with E-state index in [0.717, 1.165) is 11.0 Å². The number of hydrogen-bond acceptors (Lipinski definition) is 2. The van der Waals surface area contributed by atoms with Gasteiger partial charge in [0.15, 0.2) is 0 Å². The summed E-state index contributed by atoms with van der Waals surface area (Å²) in [6.45, 7) is 6.64. The van der Waals surface area contributed by atoms with Gasteiger partial charge in [0.25, 0.3) is 0 Å². The van der Waals surface area contributed by atoms with Crippen molar-refractivity contribution < 1.29 is 4.39 Å². The summed E-state index contributed by atoms with van der Waals surface area (Å²) in [4.78, 5) is 0. The van der Waals surface area contributed by atoms with Gasteiger partial charge in [0.1, 0.15) is 13.9 Å². The van der Waals surface area contributed by atoms with Crippen LogP contribution in [0.25, 0.3) is 5.69 Å². The molecule has 0 amide bonds. The molecule has 1 aromatic carbocycles. The van der Waals surface area contributed by atoms with E-state index in [1.54, 1.807) is 16.8 Å². The van der Waals surface area contributed by atoms with Crippen molar-refractivity contribution in [3.05, 3.63) is 36.3 Å². The lowest BCUT2D eigenvalue weighted by Crippen LogP contribution is -2.38. The van der Waals surface area contributed by atoms with E-state index < -0.39 is 8.07 Å². The molecule has 1 heterocycles. The fraction of sp³-hybridized carbons (Fsp3) is 0.273. The van der Waals surface area contributed by atoms with Gasteiger partial charge in [-0.15, -0.1) is 5.10 Å². The molecule has 3 nitrogen and oxygen atoms in total. The zero-order valence-corrected chi connectivity index (χ0v) is 10.6. The Morgan fingerprint density at radius 2 is 1.75 bits per heavy atom. The molecule has 0 aliphatic carbocycles. The third kappa shape index (κ3) is 2.19. The Kier molecular flexibility index (Phi) is 2.63. The van der Waals surface area contributed by atoms with E-state index in [1.165, 1.54) is 12.1 Å². The predicted octanol–water partition coefficient (Wildman–Crippen LogP) is 1.95. The molecule has 0 atom stereocenters. The van der Waals surface area contributed by atoms with Gasteiger partial charge in [-0.3, -0.25) is 0 Å². The zero-order chi connectivity index (χ0) is 11.8. The quantitative estimate of drug-likeness (QED) is 0.745. The van der Waals surface area contributed by atoms with E-state index in [9.17, 15) is 4.39 Å². The van der Waals surface area contributed by atoms with Crippen molar-refractivity contribution in [2.45, 2.75) is 19.6 Å². The van der Waals surface area contributed by atoms with Crippen LogP contribution in [0.4, 0.5) is 4.39 Å². The molecule has 16 heavy (non-hydrogen) atoms. The van der Waals surface area contributed by atoms with Gasteiger partial charge in [0.2, 0.25) is 0 Å². The fourth-order valence-electron chi connectivity index (χ4n) is 1.33. The molecule has 0 unspecified atom stereocenters. The second kappa shape index (κ2) is 3.82. The summed E-state index contributed by atoms with van der Waals surface area (Å²) in [6.07, 6.45) is 1.93. The maximum atomic E-state index is 12.8. The van der Waals surface area contributed by atoms with Crippen molar-refractivity contribution in [3.63, 3.8) is 0 Å². The Labute approximate surface area is 94.9 Å². The van der Waals surface area contributed by atoms with Gasteiger partial charge in [-0.05, 0) is 24.3 Å². The number of rotatable bonds is 2. The molecular formula is C11H14FN3Si. The van der Waals surface area contributed by atoms with Crippen LogP contribution in [0.3, 0.4) is 0 Å². The molecule has 0 spiro atoms. The van der Waals surface area contributed by atoms with E-state index in [2.05, 4.69) is 30.0 Å². The first-order chi connectivity index (χ1) is 7.47. The summed E-state index contributed by atoms with van der Waals surface area (Å²) < 4.78 is 14.4. The Bertz CT molecular complexity index is 485. The van der Waals surface area contributed by atoms with E-state index in [4.69, 9.17) is 0 Å². The number of aromatic nitrogens is 3. The van der Waals surface area contributed by atoms with E-state index in [0.29, 0.717) is 0 Å². The van der Waals surface area contributed by atoms with Crippen LogP contribution in [0.15, 0.2) is 30.5 Å². The maximum Gasteiger partial charge on any atom is 0.123 e. The summed E-state index contributed by atoms with van der Waals surface area (Å²) in [5, 5.41) is 9.28. The van der Waals surface area contributed by atoms with E-state index in [-0.39, 0.29) is 5.82 Å². The highest BCUT2D eigenvalue weighted by atomic mass is 28.3. The predicted molar refractivity (Wildman–Crippen MR) is 64.3 cm³/mol. The third-order valence-corrected chi connectivity index (χ3v) is 4.12. The van der Waals surface area contributed by atoms with Crippen LogP contribution in [0.1, 0.15) is 0 Å². The molecule has 5 heteroatoms. The van der Waals surface area contributed by atoms with Crippen molar-refractivity contribution in [1.82, 2.24) is 15.0 Å². The third-order valence-electron chi connectivity index (χ3n) is 2.35. The van der Waals surface area contributed by atoms with Gasteiger partial charge in [-0.1, -0.05) is 24.9 Å². The van der Waals surface area contributed by atoms with Crippen LogP contribution in [0.2, 0.25) is 19.6 Å². The lowest BCUT2D eigenvalue weighted by atomic mass is 10.3. The maximum absolute atomic E-state index is 12.8. The van der Waals surface area contributed by atoms with Crippen LogP contribution in [0, 0.1) is 5.82 Å². The molecule has 0 N–H and O–H groups in total. The average Bonchev–Trinajstić information content (AvgIpc) is 2.67. The van der Waals surface area contributed by atoms with Crippen molar-refractivity contribution in [1.29, 1.82) is 0 Å². The van der Waals surface area contributed by atoms with E-state index >= 15 is 0 Å². The minimum absolute atomic E-state index is 0.241. The standard InChI is InChI=1S/C11H14FN3Si/c1-16(2,3)11-8-15(14-13-11)10-6-4-9(12)5-7-10/h4-8H,1-3H3. The normalized spacial score (nSPS) is 11.8. The average molecular weight is 235 g/mol. The van der Waals surface area contributed by atoms with Crippen molar-refractivity contribution in [3.8, 4) is 5.69 Å². The Morgan fingerprint density at radius 3 is 2.25 bits per heavy atom. The van der Waals surface area contributed by atoms with Crippen molar-refractivity contribution in [2.75, 3.05) is 0 Å². The fourth-order valence-corrected chi connectivity index (χ4v) is 2.18. The summed E-state index contributed by atoms with van der Waals surface area (Å²) in [5.41, 5.74) is 0.832. The number of halogens is 1. The van der Waals surface area contributed by atoms with Gasteiger partial charge in [0.05, 0.1) is 11.0 Å². The summed E-state index contributed by atoms with van der Waals surface area (Å²) >= 11 is 0. The molecule has 2 rings (SSSR count). The number of hydrogen-bond donors (Lipinski definition) is 0. The molecule has 0 aliphatic heterocycles. The first kappa shape index (κ1) is 11.0. The molecule has 1 aromatic heterocycles. The minimum atomic E-state index is -1.42. The van der Waals surface area contributed by atoms with Gasteiger partial charge < -0.3 is 0 Å². The summed E-state index contributed by atoms with van der Waals surface area (Å²) in [5.74, 6) is -0.241. The van der Waals surface area contributed by atoms with E-state index in [1.807, 2.05) is 6.20 Å². The highest BCUT2D eigenvalue weighted by Crippen LogP contribution is 2.07. The molecule has 0 saturated heterocycles. The Balaban J connectivity index is 2.35. The molecule has 0 radical (unpaired) electrons. The largest absolute Gasteiger partial charge is 0.221 e. The number of benzene rings is 1. The monoisotopic (exact) mass is 235 g/mol. The second-order valence-corrected chi connectivity index (χ2v) is 9.79. The second-order valence-electron chi connectivity index (χ2n) is 4.77. The molecule has 0 saturated carbocycles. The van der Waals surface area contributed by atoms with Gasteiger partial charge >= 0.3 is 0 Å². The molecule has 0 bridgehead atoms. The van der Waals surface area contributed by atoms with Crippen LogP contribution >= 0.6 is 0 Å². The minimum Gasteiger partial charge on any atom is -0.221 e. The van der Waals surface area contributed by atoms with Gasteiger partial charge in [0, 0.05) is 6.20 Å². The molecule has 0 aliphatic rings. The van der Waals surface area contributed by atoms with Gasteiger partial charge in [-0.2, -0.15) is 0 Å². The topological polar surface area (TPSA) is 30.7 Å². The molecule has 0 fully saturated rings. The lowest BCUT2D eigenvalue weighted by molar-refractivity contribution is 0.626. The zero-order valence-electron chi connectivity index (χ0n) is 9.61. The summed E-state index contributed by atoms with van der Waals surface area (Å²) in [6, 6.07) is 6.23. The van der Waals surface area contributed by atoms with Crippen LogP contribution < -0.4 is 5.32 Å². The Hall–Kier alpha value is -1.49. The molecule has 84 valence electrons. The highest BCUT2D eigenvalue weighted by Gasteiger charge is 2.20. The molecule has 2 aromatic rings. The summed E-state index contributed by atoms with van der Waals surface area (Å²) in [7, 11) is -1.42. The lowest BCUT2D eigenvalue weighted by Gasteiger charge is -2.09. The highest BCUT2D eigenvalue weighted by molar-refractivity contribution is 6.88. The molecular weight excluding hydrogens is 221 g/mol. The first-order valence-corrected chi connectivity index (χ1v) is 8.65. The first-order valence-electron chi connectivity index (χ1n) is 5.15. The van der Waals surface area contributed by atoms with Crippen molar-refractivity contribution in [2.24, 2.45) is 0 Å². The smallest absolute Gasteiger partial charge is 0.123 e.